The van der Waals surface area contributed by atoms with Crippen LogP contribution in [0.1, 0.15) is 24.5 Å². The number of anilines is 1. The number of benzene rings is 1. The summed E-state index contributed by atoms with van der Waals surface area (Å²) in [4.78, 5) is 4.00. The molecule has 0 fully saturated rings. The molecule has 1 aromatic rings. The normalized spacial score (nSPS) is 14.0. The van der Waals surface area contributed by atoms with Crippen LogP contribution in [0, 0.1) is 0 Å². The van der Waals surface area contributed by atoms with Gasteiger partial charge in [0.15, 0.2) is 0 Å². The van der Waals surface area contributed by atoms with Gasteiger partial charge in [0.05, 0.1) is 5.56 Å². The molecule has 0 aliphatic carbocycles. The number of hydrogen-bond acceptors (Lipinski definition) is 3. The Bertz CT molecular complexity index is 458. The van der Waals surface area contributed by atoms with E-state index < -0.39 is 11.7 Å². The van der Waals surface area contributed by atoms with E-state index in [2.05, 4.69) is 11.8 Å². The van der Waals surface area contributed by atoms with Crippen LogP contribution in [0.2, 0.25) is 0 Å². The third-order valence-corrected chi connectivity index (χ3v) is 3.69. The molecule has 0 aliphatic rings. The van der Waals surface area contributed by atoms with Crippen molar-refractivity contribution < 1.29 is 13.2 Å². The summed E-state index contributed by atoms with van der Waals surface area (Å²) >= 11 is 0. The van der Waals surface area contributed by atoms with Gasteiger partial charge in [0.2, 0.25) is 0 Å². The molecule has 0 saturated carbocycles. The number of nitrogens with zero attached hydrogens (tertiary/aromatic N) is 2. The third kappa shape index (κ3) is 5.55. The lowest BCUT2D eigenvalue weighted by Crippen LogP contribution is -2.30. The Hall–Kier alpha value is -1.27. The lowest BCUT2D eigenvalue weighted by molar-refractivity contribution is -0.138. The zero-order chi connectivity index (χ0) is 16.2. The highest BCUT2D eigenvalue weighted by Gasteiger charge is 2.33. The summed E-state index contributed by atoms with van der Waals surface area (Å²) in [5.74, 6) is 0. The first-order chi connectivity index (χ1) is 9.61. The highest BCUT2D eigenvalue weighted by Crippen LogP contribution is 2.33. The second kappa shape index (κ2) is 7.13. The number of alkyl halides is 3. The quantitative estimate of drug-likeness (QED) is 0.820. The van der Waals surface area contributed by atoms with Crippen molar-refractivity contribution in [1.29, 1.82) is 0 Å². The van der Waals surface area contributed by atoms with E-state index in [9.17, 15) is 13.2 Å². The largest absolute Gasteiger partial charge is 0.416 e. The van der Waals surface area contributed by atoms with Crippen molar-refractivity contribution in [2.24, 2.45) is 0 Å². The van der Waals surface area contributed by atoms with Gasteiger partial charge in [-0.3, -0.25) is 0 Å². The summed E-state index contributed by atoms with van der Waals surface area (Å²) in [5, 5.41) is 0. The summed E-state index contributed by atoms with van der Waals surface area (Å²) < 4.78 is 39.1. The van der Waals surface area contributed by atoms with Crippen LogP contribution in [-0.2, 0) is 12.7 Å². The molecule has 0 saturated heterocycles. The predicted octanol–water partition coefficient (Wildman–Crippen LogP) is 3.06. The molecule has 2 N–H and O–H groups in total. The number of nitrogens with two attached hydrogens (primary N) is 1. The van der Waals surface area contributed by atoms with Gasteiger partial charge in [-0.1, -0.05) is 6.07 Å². The summed E-state index contributed by atoms with van der Waals surface area (Å²) in [6.45, 7) is 3.09. The Morgan fingerprint density at radius 1 is 1.19 bits per heavy atom. The SMILES string of the molecule is CC(CCN(C)Cc1ccc(N)cc1C(F)(F)F)N(C)C. The minimum Gasteiger partial charge on any atom is -0.399 e. The fourth-order valence-electron chi connectivity index (χ4n) is 2.03. The van der Waals surface area contributed by atoms with Crippen LogP contribution in [0.3, 0.4) is 0 Å². The second-order valence-electron chi connectivity index (χ2n) is 5.75. The smallest absolute Gasteiger partial charge is 0.399 e. The van der Waals surface area contributed by atoms with Crippen LogP contribution in [-0.4, -0.2) is 43.5 Å². The monoisotopic (exact) mass is 303 g/mol. The average Bonchev–Trinajstić information content (AvgIpc) is 2.36. The van der Waals surface area contributed by atoms with Gasteiger partial charge in [-0.05, 0) is 58.7 Å². The zero-order valence-corrected chi connectivity index (χ0v) is 13.0. The summed E-state index contributed by atoms with van der Waals surface area (Å²) in [5.41, 5.74) is 5.22. The molecule has 0 heterocycles. The van der Waals surface area contributed by atoms with Crippen molar-refractivity contribution in [3.8, 4) is 0 Å². The summed E-state index contributed by atoms with van der Waals surface area (Å²) in [7, 11) is 5.82. The van der Waals surface area contributed by atoms with Crippen molar-refractivity contribution in [2.75, 3.05) is 33.4 Å². The number of halogens is 3. The van der Waals surface area contributed by atoms with Crippen LogP contribution in [0.15, 0.2) is 18.2 Å². The van der Waals surface area contributed by atoms with Gasteiger partial charge in [0.25, 0.3) is 0 Å². The van der Waals surface area contributed by atoms with Crippen LogP contribution < -0.4 is 5.73 Å². The number of nitrogen functional groups attached to an aromatic ring is 1. The maximum atomic E-state index is 13.0. The minimum absolute atomic E-state index is 0.134. The Balaban J connectivity index is 2.74. The number of hydrogen-bond donors (Lipinski definition) is 1. The lowest BCUT2D eigenvalue weighted by atomic mass is 10.1. The summed E-state index contributed by atoms with van der Waals surface area (Å²) in [6, 6.07) is 4.37. The van der Waals surface area contributed by atoms with E-state index in [1.165, 1.54) is 12.1 Å². The van der Waals surface area contributed by atoms with E-state index in [1.807, 2.05) is 26.0 Å². The fourth-order valence-corrected chi connectivity index (χ4v) is 2.03. The standard InChI is InChI=1S/C15H24F3N3/c1-11(20(2)3)7-8-21(4)10-12-5-6-13(19)9-14(12)15(16,17)18/h5-6,9,11H,7-8,10,19H2,1-4H3. The van der Waals surface area contributed by atoms with Gasteiger partial charge >= 0.3 is 6.18 Å². The second-order valence-corrected chi connectivity index (χ2v) is 5.75. The van der Waals surface area contributed by atoms with Crippen molar-refractivity contribution in [3.05, 3.63) is 29.3 Å². The number of rotatable bonds is 6. The van der Waals surface area contributed by atoms with E-state index in [4.69, 9.17) is 5.73 Å². The van der Waals surface area contributed by atoms with Crippen LogP contribution in [0.25, 0.3) is 0 Å². The molecule has 0 spiro atoms. The first-order valence-electron chi connectivity index (χ1n) is 6.92. The van der Waals surface area contributed by atoms with Crippen molar-refractivity contribution in [1.82, 2.24) is 9.80 Å². The molecule has 0 aromatic heterocycles. The van der Waals surface area contributed by atoms with Crippen LogP contribution >= 0.6 is 0 Å². The molecule has 3 nitrogen and oxygen atoms in total. The molecule has 6 heteroatoms. The van der Waals surface area contributed by atoms with Crippen molar-refractivity contribution in [3.63, 3.8) is 0 Å². The van der Waals surface area contributed by atoms with Crippen molar-refractivity contribution >= 4 is 5.69 Å². The van der Waals surface area contributed by atoms with Crippen LogP contribution in [0.5, 0.6) is 0 Å². The minimum atomic E-state index is -4.37. The Morgan fingerprint density at radius 2 is 1.81 bits per heavy atom. The maximum Gasteiger partial charge on any atom is 0.416 e. The van der Waals surface area contributed by atoms with Gasteiger partial charge in [-0.2, -0.15) is 13.2 Å². The van der Waals surface area contributed by atoms with E-state index in [0.717, 1.165) is 19.0 Å². The molecule has 120 valence electrons. The molecule has 1 rings (SSSR count). The molecule has 0 aliphatic heterocycles. The zero-order valence-electron chi connectivity index (χ0n) is 13.0. The van der Waals surface area contributed by atoms with Gasteiger partial charge in [0, 0.05) is 18.3 Å². The fraction of sp³-hybridized carbons (Fsp3) is 0.600. The highest BCUT2D eigenvalue weighted by molar-refractivity contribution is 5.46. The molecule has 1 atom stereocenters. The summed E-state index contributed by atoms with van der Waals surface area (Å²) in [6.07, 6.45) is -3.47. The van der Waals surface area contributed by atoms with E-state index in [0.29, 0.717) is 6.04 Å². The van der Waals surface area contributed by atoms with Gasteiger partial charge in [-0.25, -0.2) is 0 Å². The van der Waals surface area contributed by atoms with E-state index in [1.54, 1.807) is 0 Å². The third-order valence-electron chi connectivity index (χ3n) is 3.69. The molecule has 1 aromatic carbocycles. The highest BCUT2D eigenvalue weighted by atomic mass is 19.4. The Morgan fingerprint density at radius 3 is 2.33 bits per heavy atom. The lowest BCUT2D eigenvalue weighted by Gasteiger charge is -2.24. The average molecular weight is 303 g/mol. The predicted molar refractivity (Wildman–Crippen MR) is 80.0 cm³/mol. The molecule has 0 amide bonds. The van der Waals surface area contributed by atoms with E-state index >= 15 is 0 Å². The molecular formula is C15H24F3N3. The topological polar surface area (TPSA) is 32.5 Å². The Labute approximate surface area is 124 Å². The molecule has 0 bridgehead atoms. The molecule has 1 unspecified atom stereocenters. The molecular weight excluding hydrogens is 279 g/mol. The van der Waals surface area contributed by atoms with Gasteiger partial charge in [0.1, 0.15) is 0 Å². The van der Waals surface area contributed by atoms with E-state index in [-0.39, 0.29) is 17.8 Å². The van der Waals surface area contributed by atoms with Crippen molar-refractivity contribution in [2.45, 2.75) is 32.1 Å². The molecule has 0 radical (unpaired) electrons. The first-order valence-corrected chi connectivity index (χ1v) is 6.92. The van der Waals surface area contributed by atoms with Gasteiger partial charge in [-0.15, -0.1) is 0 Å². The Kier molecular flexibility index (Phi) is 6.04. The molecule has 21 heavy (non-hydrogen) atoms. The van der Waals surface area contributed by atoms with Crippen LogP contribution in [0.4, 0.5) is 18.9 Å². The van der Waals surface area contributed by atoms with Gasteiger partial charge < -0.3 is 15.5 Å². The maximum absolute atomic E-state index is 13.0. The first kappa shape index (κ1) is 17.8.